The van der Waals surface area contributed by atoms with Gasteiger partial charge in [-0.2, -0.15) is 0 Å². The van der Waals surface area contributed by atoms with Gasteiger partial charge < -0.3 is 5.32 Å². The van der Waals surface area contributed by atoms with Crippen molar-refractivity contribution in [2.45, 2.75) is 24.8 Å². The summed E-state index contributed by atoms with van der Waals surface area (Å²) in [5, 5.41) is 14.0. The molecule has 0 saturated heterocycles. The van der Waals surface area contributed by atoms with Crippen LogP contribution in [0.15, 0.2) is 27.6 Å². The quantitative estimate of drug-likeness (QED) is 0.537. The van der Waals surface area contributed by atoms with E-state index in [-0.39, 0.29) is 29.9 Å². The molecular weight excluding hydrogens is 386 g/mol. The van der Waals surface area contributed by atoms with Crippen molar-refractivity contribution in [1.82, 2.24) is 10.0 Å². The minimum Gasteiger partial charge on any atom is -0.313 e. The molecule has 0 radical (unpaired) electrons. The number of sulfonamides is 1. The van der Waals surface area contributed by atoms with E-state index in [0.717, 1.165) is 0 Å². The molecule has 0 aromatic heterocycles. The van der Waals surface area contributed by atoms with E-state index >= 15 is 0 Å². The molecule has 0 spiro atoms. The van der Waals surface area contributed by atoms with Crippen molar-refractivity contribution in [3.05, 3.63) is 32.8 Å². The summed E-state index contributed by atoms with van der Waals surface area (Å²) in [5.41, 5.74) is -0.456. The number of nitro benzene ring substituents is 1. The summed E-state index contributed by atoms with van der Waals surface area (Å²) in [4.78, 5) is 9.89. The predicted molar refractivity (Wildman–Crippen MR) is 86.4 cm³/mol. The first-order valence-corrected chi connectivity index (χ1v) is 8.22. The van der Waals surface area contributed by atoms with Crippen LogP contribution in [0.3, 0.4) is 0 Å². The maximum Gasteiger partial charge on any atom is 0.290 e. The molecule has 0 aliphatic heterocycles. The van der Waals surface area contributed by atoms with E-state index in [9.17, 15) is 18.5 Å². The number of halogens is 2. The van der Waals surface area contributed by atoms with E-state index in [1.807, 2.05) is 13.8 Å². The van der Waals surface area contributed by atoms with Gasteiger partial charge in [-0.15, -0.1) is 12.4 Å². The van der Waals surface area contributed by atoms with Crippen molar-refractivity contribution in [3.8, 4) is 0 Å². The van der Waals surface area contributed by atoms with E-state index < -0.39 is 20.6 Å². The normalized spacial score (nSPS) is 12.5. The van der Waals surface area contributed by atoms with E-state index in [1.165, 1.54) is 18.2 Å². The minimum absolute atomic E-state index is 0. The second-order valence-electron chi connectivity index (χ2n) is 4.18. The molecule has 10 heteroatoms. The van der Waals surface area contributed by atoms with Gasteiger partial charge >= 0.3 is 0 Å². The number of nitrogens with zero attached hydrogens (tertiary/aromatic N) is 1. The SMILES string of the molecule is CCN[C@H](C)CNS(=O)(=O)c1ccc(Br)cc1[N+](=O)[O-].Cl. The minimum atomic E-state index is -3.92. The molecule has 2 N–H and O–H groups in total. The monoisotopic (exact) mass is 401 g/mol. The molecule has 0 saturated carbocycles. The summed E-state index contributed by atoms with van der Waals surface area (Å²) in [6, 6.07) is 3.77. The van der Waals surface area contributed by atoms with Crippen molar-refractivity contribution >= 4 is 44.0 Å². The van der Waals surface area contributed by atoms with Crippen LogP contribution in [-0.4, -0.2) is 32.5 Å². The Morgan fingerprint density at radius 3 is 2.57 bits per heavy atom. The van der Waals surface area contributed by atoms with Gasteiger partial charge in [0.2, 0.25) is 10.0 Å². The summed E-state index contributed by atoms with van der Waals surface area (Å²) in [7, 11) is -3.92. The number of benzene rings is 1. The molecular formula is C11H17BrClN3O4S. The molecule has 0 bridgehead atoms. The Balaban J connectivity index is 0.00000400. The molecule has 0 aliphatic rings. The Kier molecular flexibility index (Phi) is 8.34. The number of nitro groups is 1. The Morgan fingerprint density at radius 1 is 1.43 bits per heavy atom. The van der Waals surface area contributed by atoms with Crippen molar-refractivity contribution < 1.29 is 13.3 Å². The molecule has 0 unspecified atom stereocenters. The maximum atomic E-state index is 12.1. The summed E-state index contributed by atoms with van der Waals surface area (Å²) >= 11 is 3.08. The number of hydrogen-bond acceptors (Lipinski definition) is 5. The summed E-state index contributed by atoms with van der Waals surface area (Å²) < 4.78 is 27.1. The van der Waals surface area contributed by atoms with Crippen LogP contribution in [0.2, 0.25) is 0 Å². The standard InChI is InChI=1S/C11H16BrN3O4S.ClH/c1-3-13-8(2)7-14-20(18,19)11-5-4-9(12)6-10(11)15(16)17;/h4-6,8,13-14H,3,7H2,1-2H3;1H/t8-;/m1./s1. The highest BCUT2D eigenvalue weighted by atomic mass is 79.9. The Morgan fingerprint density at radius 2 is 2.05 bits per heavy atom. The highest BCUT2D eigenvalue weighted by Crippen LogP contribution is 2.27. The number of likely N-dealkylation sites (N-methyl/N-ethyl adjacent to an activating group) is 1. The van der Waals surface area contributed by atoms with Crippen LogP contribution in [0.25, 0.3) is 0 Å². The number of hydrogen-bond donors (Lipinski definition) is 2. The van der Waals surface area contributed by atoms with Crippen LogP contribution < -0.4 is 10.0 Å². The Labute approximate surface area is 138 Å². The van der Waals surface area contributed by atoms with Crippen molar-refractivity contribution in [3.63, 3.8) is 0 Å². The third-order valence-electron chi connectivity index (χ3n) is 2.54. The first kappa shape index (κ1) is 20.3. The van der Waals surface area contributed by atoms with E-state index in [1.54, 1.807) is 0 Å². The average Bonchev–Trinajstić information content (AvgIpc) is 2.36. The third kappa shape index (κ3) is 5.87. The zero-order valence-electron chi connectivity index (χ0n) is 11.5. The van der Waals surface area contributed by atoms with Gasteiger partial charge in [0.1, 0.15) is 0 Å². The summed E-state index contributed by atoms with van der Waals surface area (Å²) in [6.45, 7) is 4.59. The molecule has 0 heterocycles. The van der Waals surface area contributed by atoms with Crippen LogP contribution in [0.5, 0.6) is 0 Å². The van der Waals surface area contributed by atoms with Crippen LogP contribution in [-0.2, 0) is 10.0 Å². The first-order chi connectivity index (χ1) is 9.27. The number of nitrogens with one attached hydrogen (secondary N) is 2. The van der Waals surface area contributed by atoms with Gasteiger partial charge in [-0.05, 0) is 25.6 Å². The molecule has 7 nitrogen and oxygen atoms in total. The van der Waals surface area contributed by atoms with Crippen LogP contribution in [0.1, 0.15) is 13.8 Å². The van der Waals surface area contributed by atoms with Gasteiger partial charge in [0.15, 0.2) is 4.90 Å². The van der Waals surface area contributed by atoms with E-state index in [2.05, 4.69) is 26.0 Å². The van der Waals surface area contributed by atoms with Gasteiger partial charge in [-0.25, -0.2) is 13.1 Å². The third-order valence-corrected chi connectivity index (χ3v) is 4.50. The largest absolute Gasteiger partial charge is 0.313 e. The predicted octanol–water partition coefficient (Wildman–Crippen LogP) is 2.06. The molecule has 1 aromatic rings. The second-order valence-corrected chi connectivity index (χ2v) is 6.83. The topological polar surface area (TPSA) is 101 Å². The van der Waals surface area contributed by atoms with E-state index in [4.69, 9.17) is 0 Å². The van der Waals surface area contributed by atoms with Crippen molar-refractivity contribution in [1.29, 1.82) is 0 Å². The van der Waals surface area contributed by atoms with Gasteiger partial charge in [-0.3, -0.25) is 10.1 Å². The molecule has 0 aliphatic carbocycles. The lowest BCUT2D eigenvalue weighted by Crippen LogP contribution is -2.38. The molecule has 21 heavy (non-hydrogen) atoms. The fourth-order valence-corrected chi connectivity index (χ4v) is 3.22. The Hall–Kier alpha value is -0.740. The van der Waals surface area contributed by atoms with Crippen LogP contribution in [0, 0.1) is 10.1 Å². The lowest BCUT2D eigenvalue weighted by molar-refractivity contribution is -0.387. The van der Waals surface area contributed by atoms with E-state index in [0.29, 0.717) is 11.0 Å². The number of rotatable bonds is 7. The van der Waals surface area contributed by atoms with Gasteiger partial charge in [-0.1, -0.05) is 22.9 Å². The Bertz CT molecular complexity index is 597. The molecule has 0 fully saturated rings. The van der Waals surface area contributed by atoms with Crippen LogP contribution >= 0.6 is 28.3 Å². The average molecular weight is 403 g/mol. The maximum absolute atomic E-state index is 12.1. The van der Waals surface area contributed by atoms with Gasteiger partial charge in [0, 0.05) is 23.1 Å². The summed E-state index contributed by atoms with van der Waals surface area (Å²) in [6.07, 6.45) is 0. The highest BCUT2D eigenvalue weighted by Gasteiger charge is 2.26. The molecule has 120 valence electrons. The zero-order chi connectivity index (χ0) is 15.3. The van der Waals surface area contributed by atoms with Gasteiger partial charge in [0.25, 0.3) is 5.69 Å². The smallest absolute Gasteiger partial charge is 0.290 e. The first-order valence-electron chi connectivity index (χ1n) is 5.95. The zero-order valence-corrected chi connectivity index (χ0v) is 14.7. The fraction of sp³-hybridized carbons (Fsp3) is 0.455. The molecule has 1 atom stereocenters. The second kappa shape index (κ2) is 8.64. The lowest BCUT2D eigenvalue weighted by Gasteiger charge is -2.13. The van der Waals surface area contributed by atoms with Gasteiger partial charge in [0.05, 0.1) is 4.92 Å². The summed E-state index contributed by atoms with van der Waals surface area (Å²) in [5.74, 6) is 0. The lowest BCUT2D eigenvalue weighted by atomic mass is 10.3. The highest BCUT2D eigenvalue weighted by molar-refractivity contribution is 9.10. The molecule has 0 amide bonds. The molecule has 1 aromatic carbocycles. The fourth-order valence-electron chi connectivity index (χ4n) is 1.59. The van der Waals surface area contributed by atoms with Crippen molar-refractivity contribution in [2.24, 2.45) is 0 Å². The molecule has 1 rings (SSSR count). The van der Waals surface area contributed by atoms with Crippen molar-refractivity contribution in [2.75, 3.05) is 13.1 Å². The van der Waals surface area contributed by atoms with Crippen LogP contribution in [0.4, 0.5) is 5.69 Å².